The van der Waals surface area contributed by atoms with Crippen molar-refractivity contribution in [1.82, 2.24) is 25.2 Å². The minimum Gasteiger partial charge on any atom is -0.270 e. The normalized spacial score (nSPS) is 15.4. The molecule has 1 aliphatic rings. The third-order valence-corrected chi connectivity index (χ3v) is 6.15. The van der Waals surface area contributed by atoms with Crippen LogP contribution in [0.25, 0.3) is 17.1 Å². The minimum atomic E-state index is -0.317. The van der Waals surface area contributed by atoms with E-state index in [1.165, 1.54) is 5.56 Å². The molecule has 32 heavy (non-hydrogen) atoms. The zero-order valence-electron chi connectivity index (χ0n) is 17.8. The smallest absolute Gasteiger partial charge is 0.196 e. The van der Waals surface area contributed by atoms with Gasteiger partial charge in [0, 0.05) is 23.5 Å². The van der Waals surface area contributed by atoms with Gasteiger partial charge >= 0.3 is 0 Å². The van der Waals surface area contributed by atoms with Gasteiger partial charge in [0.1, 0.15) is 0 Å². The van der Waals surface area contributed by atoms with Crippen molar-refractivity contribution in [3.63, 3.8) is 0 Å². The predicted octanol–water partition coefficient (Wildman–Crippen LogP) is 4.35. The van der Waals surface area contributed by atoms with Gasteiger partial charge in [0.15, 0.2) is 23.0 Å². The summed E-state index contributed by atoms with van der Waals surface area (Å²) < 4.78 is 2.09. The summed E-state index contributed by atoms with van der Waals surface area (Å²) in [5.41, 5.74) is 8.31. The van der Waals surface area contributed by atoms with Gasteiger partial charge in [-0.05, 0) is 37.6 Å². The number of aliphatic imine (C=N–C) groups is 1. The van der Waals surface area contributed by atoms with E-state index < -0.39 is 0 Å². The van der Waals surface area contributed by atoms with Crippen molar-refractivity contribution in [2.24, 2.45) is 4.99 Å². The van der Waals surface area contributed by atoms with Crippen molar-refractivity contribution in [2.75, 3.05) is 5.75 Å². The molecular weight excluding hydrogens is 420 g/mol. The Kier molecular flexibility index (Phi) is 5.70. The number of hydrogen-bond donors (Lipinski definition) is 1. The number of para-hydroxylation sites is 1. The second-order valence-corrected chi connectivity index (χ2v) is 8.48. The summed E-state index contributed by atoms with van der Waals surface area (Å²) in [6.45, 7) is 4.15. The van der Waals surface area contributed by atoms with Gasteiger partial charge in [0.05, 0.1) is 11.4 Å². The molecule has 4 aromatic rings. The van der Waals surface area contributed by atoms with Crippen LogP contribution in [0.5, 0.6) is 0 Å². The van der Waals surface area contributed by atoms with E-state index in [9.17, 15) is 0 Å². The predicted molar refractivity (Wildman–Crippen MR) is 126 cm³/mol. The summed E-state index contributed by atoms with van der Waals surface area (Å²) in [6, 6.07) is 20.3. The fourth-order valence-corrected chi connectivity index (χ4v) is 4.31. The molecule has 160 valence electrons. The van der Waals surface area contributed by atoms with Crippen LogP contribution in [0.3, 0.4) is 0 Å². The second kappa shape index (κ2) is 8.94. The highest BCUT2D eigenvalue weighted by molar-refractivity contribution is 7.99. The molecule has 0 saturated carbocycles. The topological polar surface area (TPSA) is 77.2 Å². The number of aromatic nitrogens is 4. The van der Waals surface area contributed by atoms with Crippen LogP contribution in [0, 0.1) is 13.8 Å². The Morgan fingerprint density at radius 2 is 1.72 bits per heavy atom. The Labute approximate surface area is 190 Å². The molecule has 2 aromatic heterocycles. The molecule has 0 bridgehead atoms. The molecule has 0 amide bonds. The molecule has 5 rings (SSSR count). The summed E-state index contributed by atoms with van der Waals surface area (Å²) >= 11 is 1.56. The summed E-state index contributed by atoms with van der Waals surface area (Å²) in [4.78, 5) is 14.5. The molecule has 1 unspecified atom stereocenters. The summed E-state index contributed by atoms with van der Waals surface area (Å²) in [5.74, 6) is 2.12. The van der Waals surface area contributed by atoms with Crippen LogP contribution in [0.15, 0.2) is 83.2 Å². The maximum Gasteiger partial charge on any atom is 0.196 e. The average molecular weight is 443 g/mol. The van der Waals surface area contributed by atoms with Crippen LogP contribution in [0.1, 0.15) is 16.7 Å². The van der Waals surface area contributed by atoms with Gasteiger partial charge < -0.3 is 0 Å². The third-order valence-electron chi connectivity index (χ3n) is 5.17. The van der Waals surface area contributed by atoms with Crippen molar-refractivity contribution in [2.45, 2.75) is 25.2 Å². The molecule has 2 aromatic carbocycles. The van der Waals surface area contributed by atoms with Crippen molar-refractivity contribution in [3.05, 3.63) is 89.7 Å². The highest BCUT2D eigenvalue weighted by atomic mass is 32.2. The van der Waals surface area contributed by atoms with Crippen LogP contribution in [-0.2, 0) is 4.84 Å². The lowest BCUT2D eigenvalue weighted by Gasteiger charge is -2.13. The fraction of sp³-hybridized carbons (Fsp3) is 0.167. The maximum absolute atomic E-state index is 5.69. The quantitative estimate of drug-likeness (QED) is 0.448. The van der Waals surface area contributed by atoms with E-state index in [1.807, 2.05) is 36.4 Å². The van der Waals surface area contributed by atoms with E-state index in [1.54, 1.807) is 24.2 Å². The minimum absolute atomic E-state index is 0.317. The van der Waals surface area contributed by atoms with Crippen molar-refractivity contribution >= 4 is 17.6 Å². The first kappa shape index (κ1) is 20.4. The first-order valence-corrected chi connectivity index (χ1v) is 11.3. The molecule has 1 N–H and O–H groups in total. The second-order valence-electron chi connectivity index (χ2n) is 7.49. The molecule has 0 fully saturated rings. The van der Waals surface area contributed by atoms with E-state index >= 15 is 0 Å². The lowest BCUT2D eigenvalue weighted by molar-refractivity contribution is 0.0533. The van der Waals surface area contributed by atoms with Gasteiger partial charge in [-0.1, -0.05) is 59.8 Å². The lowest BCUT2D eigenvalue weighted by Crippen LogP contribution is -2.20. The van der Waals surface area contributed by atoms with Crippen LogP contribution in [-0.4, -0.2) is 37.6 Å². The van der Waals surface area contributed by atoms with Crippen LogP contribution >= 0.6 is 11.8 Å². The number of rotatable bonds is 6. The van der Waals surface area contributed by atoms with Crippen LogP contribution < -0.4 is 5.48 Å². The first-order chi connectivity index (χ1) is 15.7. The van der Waals surface area contributed by atoms with Crippen molar-refractivity contribution < 1.29 is 4.84 Å². The van der Waals surface area contributed by atoms with Gasteiger partial charge in [-0.3, -0.25) is 9.55 Å². The standard InChI is InChI=1S/C24H22N6OS/c1-16-7-9-18(10-8-16)22-26-21(31-29-22)15-32-24-28-27-23(19-11-13-25-14-12-19)30(24)20-6-4-3-5-17(20)2/h3-14,21H,15H2,1-2H3,(H,26,29). The summed E-state index contributed by atoms with van der Waals surface area (Å²) in [7, 11) is 0. The number of aryl methyl sites for hydroxylation is 2. The molecule has 0 spiro atoms. The number of thioether (sulfide) groups is 1. The molecule has 0 saturated heterocycles. The zero-order chi connectivity index (χ0) is 21.9. The zero-order valence-corrected chi connectivity index (χ0v) is 18.6. The third kappa shape index (κ3) is 4.15. The molecule has 8 heteroatoms. The number of hydroxylamine groups is 1. The molecule has 0 radical (unpaired) electrons. The molecule has 1 atom stereocenters. The summed E-state index contributed by atoms with van der Waals surface area (Å²) in [5, 5.41) is 9.77. The molecule has 3 heterocycles. The van der Waals surface area contributed by atoms with E-state index in [0.29, 0.717) is 5.75 Å². The van der Waals surface area contributed by atoms with E-state index in [0.717, 1.165) is 39.2 Å². The molecule has 7 nitrogen and oxygen atoms in total. The van der Waals surface area contributed by atoms with E-state index in [2.05, 4.69) is 68.3 Å². The van der Waals surface area contributed by atoms with Gasteiger partial charge in [-0.15, -0.1) is 10.2 Å². The average Bonchev–Trinajstić information content (AvgIpc) is 3.46. The van der Waals surface area contributed by atoms with Crippen molar-refractivity contribution in [3.8, 4) is 17.1 Å². The van der Waals surface area contributed by atoms with Gasteiger partial charge in [-0.25, -0.2) is 15.3 Å². The number of benzene rings is 2. The fourth-order valence-electron chi connectivity index (χ4n) is 3.47. The number of nitrogens with one attached hydrogen (secondary N) is 1. The SMILES string of the molecule is Cc1ccc(C2=NC(CSc3nnc(-c4ccncc4)n3-c3ccccc3C)ON2)cc1. The number of amidine groups is 1. The first-order valence-electron chi connectivity index (χ1n) is 10.3. The van der Waals surface area contributed by atoms with Crippen LogP contribution in [0.4, 0.5) is 0 Å². The number of nitrogens with zero attached hydrogens (tertiary/aromatic N) is 5. The maximum atomic E-state index is 5.69. The largest absolute Gasteiger partial charge is 0.270 e. The van der Waals surface area contributed by atoms with Gasteiger partial charge in [0.25, 0.3) is 0 Å². The van der Waals surface area contributed by atoms with Crippen molar-refractivity contribution in [1.29, 1.82) is 0 Å². The number of hydrogen-bond acceptors (Lipinski definition) is 7. The molecular formula is C24H22N6OS. The Bertz CT molecular complexity index is 1250. The van der Waals surface area contributed by atoms with Gasteiger partial charge in [0.2, 0.25) is 0 Å². The monoisotopic (exact) mass is 442 g/mol. The van der Waals surface area contributed by atoms with E-state index in [4.69, 9.17) is 4.84 Å². The van der Waals surface area contributed by atoms with Crippen LogP contribution in [0.2, 0.25) is 0 Å². The Hall–Kier alpha value is -3.49. The molecule has 1 aliphatic heterocycles. The highest BCUT2D eigenvalue weighted by Crippen LogP contribution is 2.30. The lowest BCUT2D eigenvalue weighted by atomic mass is 10.1. The van der Waals surface area contributed by atoms with E-state index in [-0.39, 0.29) is 6.23 Å². The Morgan fingerprint density at radius 3 is 2.50 bits per heavy atom. The number of pyridine rings is 1. The molecule has 0 aliphatic carbocycles. The Morgan fingerprint density at radius 1 is 0.938 bits per heavy atom. The van der Waals surface area contributed by atoms with Gasteiger partial charge in [-0.2, -0.15) is 0 Å². The summed E-state index contributed by atoms with van der Waals surface area (Å²) in [6.07, 6.45) is 3.21. The highest BCUT2D eigenvalue weighted by Gasteiger charge is 2.22. The Balaban J connectivity index is 1.41.